The van der Waals surface area contributed by atoms with E-state index < -0.39 is 17.6 Å². The average Bonchev–Trinajstić information content (AvgIpc) is 3.14. The van der Waals surface area contributed by atoms with Gasteiger partial charge in [-0.05, 0) is 61.0 Å². The van der Waals surface area contributed by atoms with Crippen LogP contribution in [0.15, 0.2) is 60.8 Å². The Labute approximate surface area is 207 Å². The first-order valence-corrected chi connectivity index (χ1v) is 11.8. The molecule has 184 valence electrons. The highest BCUT2D eigenvalue weighted by atomic mass is 19.3. The van der Waals surface area contributed by atoms with Crippen LogP contribution in [0.25, 0.3) is 0 Å². The molecule has 0 radical (unpaired) electrons. The minimum atomic E-state index is -2.98. The number of amides is 1. The summed E-state index contributed by atoms with van der Waals surface area (Å²) >= 11 is 0. The summed E-state index contributed by atoms with van der Waals surface area (Å²) in [5.41, 5.74) is 1.51. The van der Waals surface area contributed by atoms with E-state index in [1.165, 1.54) is 18.2 Å². The third-order valence-corrected chi connectivity index (χ3v) is 6.71. The lowest BCUT2D eigenvalue weighted by Gasteiger charge is -2.36. The van der Waals surface area contributed by atoms with Crippen LogP contribution in [0.2, 0.25) is 0 Å². The first-order valence-electron chi connectivity index (χ1n) is 11.8. The van der Waals surface area contributed by atoms with Gasteiger partial charge >= 0.3 is 0 Å². The Morgan fingerprint density at radius 1 is 1.06 bits per heavy atom. The summed E-state index contributed by atoms with van der Waals surface area (Å²) in [5.74, 6) is 1.38. The summed E-state index contributed by atoms with van der Waals surface area (Å²) in [5, 5.41) is 2.67. The number of alkyl halides is 2. The van der Waals surface area contributed by atoms with Crippen molar-refractivity contribution in [3.05, 3.63) is 94.6 Å². The van der Waals surface area contributed by atoms with Crippen molar-refractivity contribution < 1.29 is 18.0 Å². The number of likely N-dealkylation sites (N-methyl/N-ethyl adjacent to an activating group) is 1. The fourth-order valence-corrected chi connectivity index (χ4v) is 4.70. The SMILES string of the molecule is CN1CCN(C2CC(F)(F)c3cc(NC(=O)c4ccc(F)c(C#Cc5ccccn5)c4)ccc32)CC1. The van der Waals surface area contributed by atoms with E-state index in [1.54, 1.807) is 36.5 Å². The van der Waals surface area contributed by atoms with Crippen LogP contribution in [0.1, 0.15) is 45.2 Å². The van der Waals surface area contributed by atoms with E-state index in [-0.39, 0.29) is 34.8 Å². The second-order valence-electron chi connectivity index (χ2n) is 9.18. The summed E-state index contributed by atoms with van der Waals surface area (Å²) < 4.78 is 44.2. The number of carbonyl (C=O) groups is 1. The number of anilines is 1. The molecule has 1 unspecified atom stereocenters. The minimum absolute atomic E-state index is 0.0452. The molecule has 1 N–H and O–H groups in total. The summed E-state index contributed by atoms with van der Waals surface area (Å²) in [7, 11) is 2.03. The maximum Gasteiger partial charge on any atom is 0.275 e. The zero-order valence-corrected chi connectivity index (χ0v) is 19.8. The fraction of sp³-hybridized carbons (Fsp3) is 0.286. The van der Waals surface area contributed by atoms with Crippen molar-refractivity contribution in [1.29, 1.82) is 0 Å². The van der Waals surface area contributed by atoms with Crippen LogP contribution < -0.4 is 5.32 Å². The number of rotatable bonds is 3. The van der Waals surface area contributed by atoms with Crippen molar-refractivity contribution in [2.24, 2.45) is 0 Å². The van der Waals surface area contributed by atoms with Crippen molar-refractivity contribution in [2.75, 3.05) is 38.5 Å². The smallest absolute Gasteiger partial charge is 0.275 e. The van der Waals surface area contributed by atoms with E-state index in [9.17, 15) is 18.0 Å². The Bertz CT molecular complexity index is 1340. The Morgan fingerprint density at radius 2 is 1.86 bits per heavy atom. The molecule has 1 aliphatic heterocycles. The molecule has 0 spiro atoms. The zero-order chi connectivity index (χ0) is 25.3. The van der Waals surface area contributed by atoms with E-state index in [0.717, 1.165) is 32.2 Å². The monoisotopic (exact) mass is 490 g/mol. The lowest BCUT2D eigenvalue weighted by molar-refractivity contribution is -0.0257. The molecular formula is C28H25F3N4O. The largest absolute Gasteiger partial charge is 0.322 e. The van der Waals surface area contributed by atoms with Crippen LogP contribution >= 0.6 is 0 Å². The average molecular weight is 491 g/mol. The number of fused-ring (bicyclic) bond motifs is 1. The maximum absolute atomic E-state index is 15.0. The molecule has 1 fully saturated rings. The number of hydrogen-bond donors (Lipinski definition) is 1. The molecule has 1 aliphatic carbocycles. The summed E-state index contributed by atoms with van der Waals surface area (Å²) in [6.07, 6.45) is 1.32. The molecule has 36 heavy (non-hydrogen) atoms. The van der Waals surface area contributed by atoms with Crippen molar-refractivity contribution in [3.63, 3.8) is 0 Å². The first kappa shape index (κ1) is 24.0. The molecule has 0 saturated carbocycles. The molecule has 2 aromatic carbocycles. The van der Waals surface area contributed by atoms with Gasteiger partial charge in [-0.15, -0.1) is 0 Å². The third kappa shape index (κ3) is 4.99. The number of benzene rings is 2. The summed E-state index contributed by atoms with van der Waals surface area (Å²) in [4.78, 5) is 21.2. The number of hydrogen-bond acceptors (Lipinski definition) is 4. The number of nitrogens with one attached hydrogen (secondary N) is 1. The van der Waals surface area contributed by atoms with Crippen LogP contribution in [0.3, 0.4) is 0 Å². The highest BCUT2D eigenvalue weighted by Crippen LogP contribution is 2.50. The molecule has 5 rings (SSSR count). The molecule has 1 aromatic heterocycles. The van der Waals surface area contributed by atoms with Gasteiger partial charge in [-0.2, -0.15) is 0 Å². The van der Waals surface area contributed by atoms with Gasteiger partial charge in [0, 0.05) is 61.7 Å². The van der Waals surface area contributed by atoms with Crippen molar-refractivity contribution >= 4 is 11.6 Å². The lowest BCUT2D eigenvalue weighted by Crippen LogP contribution is -2.45. The number of halogens is 3. The highest BCUT2D eigenvalue weighted by molar-refractivity contribution is 6.04. The summed E-state index contributed by atoms with van der Waals surface area (Å²) in [6, 6.07) is 13.4. The molecule has 3 aromatic rings. The van der Waals surface area contributed by atoms with E-state index in [1.807, 2.05) is 7.05 Å². The predicted octanol–water partition coefficient (Wildman–Crippen LogP) is 4.66. The number of piperazine rings is 1. The second-order valence-corrected chi connectivity index (χ2v) is 9.18. The van der Waals surface area contributed by atoms with Gasteiger partial charge in [-0.1, -0.05) is 18.1 Å². The standard InChI is InChI=1S/C28H25F3N4O/c1-34-12-14-35(15-13-34)26-18-28(30,31)24-17-22(8-9-23(24)26)33-27(36)20-6-10-25(29)19(16-20)5-7-21-4-2-3-11-32-21/h2-4,6,8-11,16-17,26H,12-15,18H2,1H3,(H,33,36). The fourth-order valence-electron chi connectivity index (χ4n) is 4.70. The number of nitrogens with zero attached hydrogens (tertiary/aromatic N) is 3. The van der Waals surface area contributed by atoms with Crippen LogP contribution in [-0.4, -0.2) is 53.9 Å². The first-order chi connectivity index (χ1) is 17.3. The molecular weight excluding hydrogens is 465 g/mol. The minimum Gasteiger partial charge on any atom is -0.322 e. The van der Waals surface area contributed by atoms with Gasteiger partial charge < -0.3 is 10.2 Å². The topological polar surface area (TPSA) is 48.5 Å². The van der Waals surface area contributed by atoms with Gasteiger partial charge in [0.25, 0.3) is 11.8 Å². The van der Waals surface area contributed by atoms with Gasteiger partial charge in [-0.3, -0.25) is 9.69 Å². The second kappa shape index (κ2) is 9.76. The van der Waals surface area contributed by atoms with E-state index in [4.69, 9.17) is 0 Å². The zero-order valence-electron chi connectivity index (χ0n) is 19.8. The lowest BCUT2D eigenvalue weighted by atomic mass is 10.0. The van der Waals surface area contributed by atoms with Crippen LogP contribution in [0.4, 0.5) is 18.9 Å². The van der Waals surface area contributed by atoms with Crippen LogP contribution in [-0.2, 0) is 5.92 Å². The van der Waals surface area contributed by atoms with Gasteiger partial charge in [0.1, 0.15) is 11.5 Å². The molecule has 2 heterocycles. The Hall–Kier alpha value is -3.67. The number of pyridine rings is 1. The van der Waals surface area contributed by atoms with Gasteiger partial charge in [0.05, 0.1) is 5.56 Å². The Kier molecular flexibility index (Phi) is 6.52. The van der Waals surface area contributed by atoms with Crippen LogP contribution in [0, 0.1) is 17.7 Å². The quantitative estimate of drug-likeness (QED) is 0.543. The van der Waals surface area contributed by atoms with Crippen molar-refractivity contribution in [1.82, 2.24) is 14.8 Å². The normalized spacial score (nSPS) is 19.3. The van der Waals surface area contributed by atoms with E-state index >= 15 is 0 Å². The van der Waals surface area contributed by atoms with Gasteiger partial charge in [0.2, 0.25) is 0 Å². The summed E-state index contributed by atoms with van der Waals surface area (Å²) in [6.45, 7) is 3.17. The molecule has 5 nitrogen and oxygen atoms in total. The molecule has 0 bridgehead atoms. The van der Waals surface area contributed by atoms with Gasteiger partial charge in [0.15, 0.2) is 0 Å². The van der Waals surface area contributed by atoms with Crippen LogP contribution in [0.5, 0.6) is 0 Å². The molecule has 1 atom stereocenters. The van der Waals surface area contributed by atoms with Crippen molar-refractivity contribution in [2.45, 2.75) is 18.4 Å². The third-order valence-electron chi connectivity index (χ3n) is 6.71. The van der Waals surface area contributed by atoms with E-state index in [2.05, 4.69) is 31.9 Å². The van der Waals surface area contributed by atoms with E-state index in [0.29, 0.717) is 11.3 Å². The highest BCUT2D eigenvalue weighted by Gasteiger charge is 2.47. The molecule has 8 heteroatoms. The number of carbonyl (C=O) groups excluding carboxylic acids is 1. The maximum atomic E-state index is 15.0. The number of aromatic nitrogens is 1. The molecule has 1 amide bonds. The molecule has 2 aliphatic rings. The Balaban J connectivity index is 1.35. The predicted molar refractivity (Wildman–Crippen MR) is 131 cm³/mol. The molecule has 1 saturated heterocycles. The van der Waals surface area contributed by atoms with Gasteiger partial charge in [-0.25, -0.2) is 18.2 Å². The van der Waals surface area contributed by atoms with Crippen molar-refractivity contribution in [3.8, 4) is 11.8 Å². The Morgan fingerprint density at radius 3 is 2.61 bits per heavy atom.